The molecule has 6 aromatic carbocycles. The third-order valence-electron chi connectivity index (χ3n) is 9.07. The van der Waals surface area contributed by atoms with Crippen LogP contribution < -0.4 is 16.0 Å². The number of aryl methyl sites for hydroxylation is 1. The lowest BCUT2D eigenvalue weighted by Gasteiger charge is -2.03. The monoisotopic (exact) mass is 776 g/mol. The molecule has 6 aromatic rings. The van der Waals surface area contributed by atoms with Gasteiger partial charge in [0.2, 0.25) is 0 Å². The van der Waals surface area contributed by atoms with Crippen molar-refractivity contribution in [1.29, 1.82) is 0 Å². The van der Waals surface area contributed by atoms with Crippen LogP contribution in [0.5, 0.6) is 5.75 Å². The van der Waals surface area contributed by atoms with Crippen molar-refractivity contribution in [2.45, 2.75) is 19.8 Å². The molecule has 2 aliphatic heterocycles. The quantitative estimate of drug-likeness (QED) is 0.0655. The van der Waals surface area contributed by atoms with Crippen LogP contribution in [-0.4, -0.2) is 55.8 Å². The van der Waals surface area contributed by atoms with E-state index in [0.717, 1.165) is 58.0 Å². The summed E-state index contributed by atoms with van der Waals surface area (Å²) in [7, 11) is 4.29. The molecule has 4 N–H and O–H groups in total. The van der Waals surface area contributed by atoms with Crippen LogP contribution in [0.1, 0.15) is 58.9 Å². The van der Waals surface area contributed by atoms with Gasteiger partial charge in [-0.25, -0.2) is 15.1 Å². The number of carbonyl (C=O) groups excluding carboxylic acids is 3. The number of ether oxygens (including phenoxy) is 3. The van der Waals surface area contributed by atoms with E-state index in [0.29, 0.717) is 22.4 Å². The van der Waals surface area contributed by atoms with E-state index in [1.54, 1.807) is 61.1 Å². The molecule has 0 aromatic heterocycles. The Kier molecular flexibility index (Phi) is 14.8. The Morgan fingerprint density at radius 1 is 0.586 bits per heavy atom. The number of hydroxylamine groups is 1. The number of aliphatic imine (C=N–C) groups is 2. The zero-order chi connectivity index (χ0) is 41.4. The number of fused-ring (bicyclic) bond motifs is 2. The van der Waals surface area contributed by atoms with Crippen molar-refractivity contribution in [2.24, 2.45) is 9.98 Å². The molecule has 2 aliphatic rings. The number of para-hydroxylation sites is 3. The number of amides is 1. The smallest absolute Gasteiger partial charge is 0.337 e. The minimum atomic E-state index is -0.516. The van der Waals surface area contributed by atoms with Gasteiger partial charge in [-0.05, 0) is 95.4 Å². The number of nitrogens with one attached hydrogen (secondary N) is 1. The molecule has 0 radical (unpaired) electrons. The van der Waals surface area contributed by atoms with Crippen LogP contribution in [0.25, 0.3) is 0 Å². The van der Waals surface area contributed by atoms with Crippen LogP contribution in [-0.2, 0) is 22.3 Å². The summed E-state index contributed by atoms with van der Waals surface area (Å²) >= 11 is 0. The van der Waals surface area contributed by atoms with Gasteiger partial charge in [-0.15, -0.1) is 0 Å². The highest BCUT2D eigenvalue weighted by Gasteiger charge is 2.18. The molecule has 1 amide bonds. The standard InChI is InChI=1S/C16H13NO2.C15H12N2O2.C9H10O3.C7H9N/c1-19-16(18)13-7-4-6-11(9-13)15-10-12-5-2-3-8-14(12)17-15;18-15(17-19)12-6-3-5-10(8-12)14-9-11-4-1-2-7-13(11)16-14;1-11-8-5-3-4-7(6-8)9(10)12-2;1-6-4-2-3-5-7(6)8/h2-9H,10H2,1H3;1-8,19H,9H2,(H,17,18);3-6H,1-2H3;2-5H,8H2,1H3. The predicted octanol–water partition coefficient (Wildman–Crippen LogP) is 8.69. The van der Waals surface area contributed by atoms with Gasteiger partial charge in [-0.1, -0.05) is 84.9 Å². The Hall–Kier alpha value is -7.37. The Bertz CT molecular complexity index is 2320. The summed E-state index contributed by atoms with van der Waals surface area (Å²) in [6.45, 7) is 2.00. The number of esters is 2. The highest BCUT2D eigenvalue weighted by molar-refractivity contribution is 6.08. The van der Waals surface area contributed by atoms with Crippen molar-refractivity contribution < 1.29 is 33.8 Å². The maximum Gasteiger partial charge on any atom is 0.337 e. The summed E-state index contributed by atoms with van der Waals surface area (Å²) in [6, 6.07) is 45.2. The molecular formula is C47H44N4O7. The second-order valence-corrected chi connectivity index (χ2v) is 12.9. The Morgan fingerprint density at radius 2 is 1.05 bits per heavy atom. The van der Waals surface area contributed by atoms with Crippen molar-refractivity contribution in [3.05, 3.63) is 190 Å². The summed E-state index contributed by atoms with van der Waals surface area (Å²) in [6.07, 6.45) is 1.57. The summed E-state index contributed by atoms with van der Waals surface area (Å²) in [5.41, 5.74) is 18.8. The summed E-state index contributed by atoms with van der Waals surface area (Å²) in [4.78, 5) is 43.1. The number of rotatable bonds is 6. The Balaban J connectivity index is 0.000000155. The number of anilines is 1. The van der Waals surface area contributed by atoms with Gasteiger partial charge in [0.15, 0.2) is 0 Å². The van der Waals surface area contributed by atoms with E-state index < -0.39 is 5.91 Å². The summed E-state index contributed by atoms with van der Waals surface area (Å²) < 4.78 is 14.2. The lowest BCUT2D eigenvalue weighted by molar-refractivity contribution is 0.0591. The van der Waals surface area contributed by atoms with E-state index in [9.17, 15) is 14.4 Å². The van der Waals surface area contributed by atoms with Crippen LogP contribution in [0.3, 0.4) is 0 Å². The molecule has 0 atom stereocenters. The van der Waals surface area contributed by atoms with E-state index in [-0.39, 0.29) is 11.9 Å². The molecule has 58 heavy (non-hydrogen) atoms. The molecule has 11 heteroatoms. The maximum absolute atomic E-state index is 11.5. The summed E-state index contributed by atoms with van der Waals surface area (Å²) in [5.74, 6) is -0.539. The lowest BCUT2D eigenvalue weighted by atomic mass is 10.0. The van der Waals surface area contributed by atoms with E-state index in [2.05, 4.69) is 26.9 Å². The van der Waals surface area contributed by atoms with Crippen molar-refractivity contribution >= 4 is 46.3 Å². The topological polar surface area (TPSA) is 162 Å². The first-order valence-electron chi connectivity index (χ1n) is 18.2. The van der Waals surface area contributed by atoms with Crippen molar-refractivity contribution in [2.75, 3.05) is 27.1 Å². The van der Waals surface area contributed by atoms with Crippen LogP contribution in [0.15, 0.2) is 156 Å². The normalized spacial score (nSPS) is 11.5. The van der Waals surface area contributed by atoms with E-state index in [1.165, 1.54) is 25.3 Å². The number of hydrogen-bond donors (Lipinski definition) is 3. The second kappa shape index (κ2) is 20.5. The number of nitrogen functional groups attached to an aromatic ring is 1. The Labute approximate surface area is 337 Å². The molecule has 0 saturated carbocycles. The molecule has 0 unspecified atom stereocenters. The van der Waals surface area contributed by atoms with Gasteiger partial charge in [-0.2, -0.15) is 0 Å². The molecule has 2 heterocycles. The molecule has 294 valence electrons. The van der Waals surface area contributed by atoms with Crippen LogP contribution >= 0.6 is 0 Å². The first kappa shape index (κ1) is 41.8. The van der Waals surface area contributed by atoms with Gasteiger partial charge in [0, 0.05) is 24.1 Å². The number of carbonyl (C=O) groups is 3. The van der Waals surface area contributed by atoms with Gasteiger partial charge < -0.3 is 19.9 Å². The van der Waals surface area contributed by atoms with Gasteiger partial charge in [0.1, 0.15) is 5.75 Å². The molecule has 0 aliphatic carbocycles. The number of methoxy groups -OCH3 is 3. The molecule has 8 rings (SSSR count). The average Bonchev–Trinajstić information content (AvgIpc) is 3.93. The fraction of sp³-hybridized carbons (Fsp3) is 0.128. The molecule has 11 nitrogen and oxygen atoms in total. The number of benzene rings is 6. The van der Waals surface area contributed by atoms with E-state index in [1.807, 2.05) is 91.9 Å². The fourth-order valence-corrected chi connectivity index (χ4v) is 5.91. The zero-order valence-electron chi connectivity index (χ0n) is 32.6. The van der Waals surface area contributed by atoms with Crippen molar-refractivity contribution in [3.8, 4) is 5.75 Å². The molecule has 0 saturated heterocycles. The number of hydrogen-bond acceptors (Lipinski definition) is 10. The van der Waals surface area contributed by atoms with Gasteiger partial charge in [0.05, 0.1) is 55.3 Å². The number of nitrogens with zero attached hydrogens (tertiary/aromatic N) is 2. The SMILES string of the molecule is COC(=O)c1cccc(C2=Nc3ccccc3C2)c1.COC(=O)c1cccc(OC)c1.Cc1ccccc1N.O=C(NO)c1cccc(C2=Nc3ccccc3C2)c1. The molecular weight excluding hydrogens is 733 g/mol. The first-order chi connectivity index (χ1) is 28.1. The zero-order valence-corrected chi connectivity index (χ0v) is 32.6. The minimum absolute atomic E-state index is 0.321. The van der Waals surface area contributed by atoms with E-state index >= 15 is 0 Å². The van der Waals surface area contributed by atoms with Crippen LogP contribution in [0.2, 0.25) is 0 Å². The fourth-order valence-electron chi connectivity index (χ4n) is 5.91. The maximum atomic E-state index is 11.5. The van der Waals surface area contributed by atoms with Gasteiger partial charge in [-0.3, -0.25) is 20.0 Å². The highest BCUT2D eigenvalue weighted by Crippen LogP contribution is 2.29. The molecule has 0 fully saturated rings. The van der Waals surface area contributed by atoms with Crippen LogP contribution in [0.4, 0.5) is 17.1 Å². The lowest BCUT2D eigenvalue weighted by Crippen LogP contribution is -2.19. The Morgan fingerprint density at radius 3 is 1.52 bits per heavy atom. The van der Waals surface area contributed by atoms with Crippen molar-refractivity contribution in [1.82, 2.24) is 5.48 Å². The van der Waals surface area contributed by atoms with Crippen molar-refractivity contribution in [3.63, 3.8) is 0 Å². The first-order valence-corrected chi connectivity index (χ1v) is 18.2. The average molecular weight is 777 g/mol. The van der Waals surface area contributed by atoms with Crippen LogP contribution in [0, 0.1) is 6.92 Å². The molecule has 0 spiro atoms. The highest BCUT2D eigenvalue weighted by atomic mass is 16.5. The number of nitrogens with two attached hydrogens (primary N) is 1. The van der Waals surface area contributed by atoms with E-state index in [4.69, 9.17) is 20.4 Å². The molecule has 0 bridgehead atoms. The predicted molar refractivity (Wildman–Crippen MR) is 226 cm³/mol. The van der Waals surface area contributed by atoms with Gasteiger partial charge >= 0.3 is 11.9 Å². The largest absolute Gasteiger partial charge is 0.497 e. The third-order valence-corrected chi connectivity index (χ3v) is 9.07. The third kappa shape index (κ3) is 11.1. The second-order valence-electron chi connectivity index (χ2n) is 12.9. The van der Waals surface area contributed by atoms with Gasteiger partial charge in [0.25, 0.3) is 5.91 Å². The minimum Gasteiger partial charge on any atom is -0.497 e. The summed E-state index contributed by atoms with van der Waals surface area (Å²) in [5, 5.41) is 8.66.